The maximum absolute atomic E-state index is 13.4. The second-order valence-electron chi connectivity index (χ2n) is 6.68. The lowest BCUT2D eigenvalue weighted by atomic mass is 10.1. The Labute approximate surface area is 177 Å². The van der Waals surface area contributed by atoms with Crippen molar-refractivity contribution in [3.05, 3.63) is 94.4 Å². The van der Waals surface area contributed by atoms with E-state index in [0.29, 0.717) is 21.9 Å². The number of fused-ring (bicyclic) bond motifs is 1. The number of methoxy groups -OCH3 is 1. The Kier molecular flexibility index (Phi) is 5.63. The van der Waals surface area contributed by atoms with Gasteiger partial charge in [0.15, 0.2) is 5.16 Å². The molecule has 7 heteroatoms. The van der Waals surface area contributed by atoms with Gasteiger partial charge < -0.3 is 4.74 Å². The number of aryl methyl sites for hydroxylation is 1. The van der Waals surface area contributed by atoms with Crippen LogP contribution in [0.3, 0.4) is 0 Å². The minimum absolute atomic E-state index is 0.238. The smallest absolute Gasteiger partial charge is 0.323 e. The Balaban J connectivity index is 1.93. The zero-order valence-corrected chi connectivity index (χ0v) is 17.3. The summed E-state index contributed by atoms with van der Waals surface area (Å²) < 4.78 is 6.49. The normalized spacial score (nSPS) is 11.9. The summed E-state index contributed by atoms with van der Waals surface area (Å²) in [6.07, 6.45) is 1.65. The molecule has 0 spiro atoms. The summed E-state index contributed by atoms with van der Waals surface area (Å²) in [6, 6.07) is 20.1. The Morgan fingerprint density at radius 3 is 2.53 bits per heavy atom. The quantitative estimate of drug-likeness (QED) is 0.277. The number of hydrogen-bond donors (Lipinski definition) is 0. The van der Waals surface area contributed by atoms with Crippen molar-refractivity contribution in [1.29, 1.82) is 0 Å². The van der Waals surface area contributed by atoms with E-state index in [4.69, 9.17) is 9.72 Å². The highest BCUT2D eigenvalue weighted by molar-refractivity contribution is 8.00. The van der Waals surface area contributed by atoms with Crippen LogP contribution in [0.25, 0.3) is 16.7 Å². The molecule has 150 valence electrons. The first kappa shape index (κ1) is 19.8. The SMILES string of the molecule is COC(=O)C(Sc1nc2ccccc2c(=O)n1-c1cc(C)ccn1)c1ccccc1. The van der Waals surface area contributed by atoms with Crippen molar-refractivity contribution in [3.8, 4) is 5.82 Å². The number of nitrogens with zero attached hydrogens (tertiary/aromatic N) is 3. The maximum atomic E-state index is 13.4. The Hall–Kier alpha value is -3.45. The van der Waals surface area contributed by atoms with Crippen molar-refractivity contribution in [1.82, 2.24) is 14.5 Å². The van der Waals surface area contributed by atoms with Crippen LogP contribution in [0, 0.1) is 6.92 Å². The van der Waals surface area contributed by atoms with Crippen LogP contribution in [0.15, 0.2) is 82.9 Å². The molecule has 0 aliphatic carbocycles. The number of pyridine rings is 1. The zero-order chi connectivity index (χ0) is 21.1. The second kappa shape index (κ2) is 8.51. The highest BCUT2D eigenvalue weighted by Gasteiger charge is 2.26. The molecule has 30 heavy (non-hydrogen) atoms. The molecule has 0 bridgehead atoms. The van der Waals surface area contributed by atoms with Gasteiger partial charge in [-0.25, -0.2) is 14.5 Å². The summed E-state index contributed by atoms with van der Waals surface area (Å²) in [5.41, 5.74) is 2.05. The topological polar surface area (TPSA) is 74.1 Å². The molecule has 0 aliphatic heterocycles. The first-order valence-corrected chi connectivity index (χ1v) is 10.2. The van der Waals surface area contributed by atoms with E-state index in [0.717, 1.165) is 11.1 Å². The molecule has 0 saturated heterocycles. The summed E-state index contributed by atoms with van der Waals surface area (Å²) in [7, 11) is 1.35. The molecular weight excluding hydrogens is 398 g/mol. The average Bonchev–Trinajstić information content (AvgIpc) is 2.77. The van der Waals surface area contributed by atoms with Gasteiger partial charge in [0.05, 0.1) is 18.0 Å². The van der Waals surface area contributed by atoms with Gasteiger partial charge in [-0.2, -0.15) is 0 Å². The van der Waals surface area contributed by atoms with Crippen LogP contribution in [0.2, 0.25) is 0 Å². The van der Waals surface area contributed by atoms with E-state index in [1.165, 1.54) is 23.4 Å². The first-order chi connectivity index (χ1) is 14.6. The average molecular weight is 417 g/mol. The fourth-order valence-electron chi connectivity index (χ4n) is 3.13. The number of ether oxygens (including phenoxy) is 1. The van der Waals surface area contributed by atoms with Crippen molar-refractivity contribution in [2.45, 2.75) is 17.3 Å². The summed E-state index contributed by atoms with van der Waals surface area (Å²) in [5, 5.41) is 0.177. The predicted molar refractivity (Wildman–Crippen MR) is 117 cm³/mol. The molecule has 0 amide bonds. The van der Waals surface area contributed by atoms with Gasteiger partial charge in [0, 0.05) is 6.20 Å². The molecule has 4 aromatic rings. The first-order valence-electron chi connectivity index (χ1n) is 9.33. The van der Waals surface area contributed by atoms with Crippen molar-refractivity contribution < 1.29 is 9.53 Å². The van der Waals surface area contributed by atoms with Crippen LogP contribution in [0.1, 0.15) is 16.4 Å². The Bertz CT molecular complexity index is 1270. The number of esters is 1. The van der Waals surface area contributed by atoms with Crippen LogP contribution >= 0.6 is 11.8 Å². The molecule has 2 aromatic heterocycles. The number of carbonyl (C=O) groups excluding carboxylic acids is 1. The van der Waals surface area contributed by atoms with Gasteiger partial charge in [0.2, 0.25) is 0 Å². The molecule has 0 saturated carbocycles. The lowest BCUT2D eigenvalue weighted by Gasteiger charge is -2.18. The number of hydrogen-bond acceptors (Lipinski definition) is 6. The van der Waals surface area contributed by atoms with Crippen LogP contribution in [0.5, 0.6) is 0 Å². The number of aromatic nitrogens is 3. The van der Waals surface area contributed by atoms with Crippen molar-refractivity contribution in [2.24, 2.45) is 0 Å². The summed E-state index contributed by atoms with van der Waals surface area (Å²) >= 11 is 1.17. The van der Waals surface area contributed by atoms with Crippen LogP contribution in [-0.2, 0) is 9.53 Å². The van der Waals surface area contributed by atoms with Gasteiger partial charge in [-0.05, 0) is 42.3 Å². The van der Waals surface area contributed by atoms with Crippen LogP contribution in [0.4, 0.5) is 0 Å². The standard InChI is InChI=1S/C23H19N3O3S/c1-15-12-13-24-19(14-15)26-21(27)17-10-6-7-11-18(17)25-23(26)30-20(22(28)29-2)16-8-4-3-5-9-16/h3-14,20H,1-2H3. The predicted octanol–water partition coefficient (Wildman–Crippen LogP) is 4.10. The number of carbonyl (C=O) groups is 1. The van der Waals surface area contributed by atoms with E-state index in [9.17, 15) is 9.59 Å². The van der Waals surface area contributed by atoms with Crippen molar-refractivity contribution in [2.75, 3.05) is 7.11 Å². The minimum Gasteiger partial charge on any atom is -0.468 e. The molecule has 2 aromatic carbocycles. The van der Waals surface area contributed by atoms with Crippen LogP contribution < -0.4 is 5.56 Å². The molecule has 0 radical (unpaired) electrons. The van der Waals surface area contributed by atoms with Crippen molar-refractivity contribution >= 4 is 28.6 Å². The summed E-state index contributed by atoms with van der Waals surface area (Å²) in [6.45, 7) is 1.93. The van der Waals surface area contributed by atoms with Gasteiger partial charge in [-0.1, -0.05) is 54.2 Å². The third-order valence-corrected chi connectivity index (χ3v) is 5.80. The molecule has 1 unspecified atom stereocenters. The third kappa shape index (κ3) is 3.84. The zero-order valence-electron chi connectivity index (χ0n) is 16.5. The van der Waals surface area contributed by atoms with Gasteiger partial charge in [-0.3, -0.25) is 9.59 Å². The third-order valence-electron chi connectivity index (χ3n) is 4.62. The summed E-state index contributed by atoms with van der Waals surface area (Å²) in [4.78, 5) is 35.0. The number of thioether (sulfide) groups is 1. The van der Waals surface area contributed by atoms with Crippen LogP contribution in [-0.4, -0.2) is 27.6 Å². The van der Waals surface area contributed by atoms with Gasteiger partial charge in [-0.15, -0.1) is 0 Å². The van der Waals surface area contributed by atoms with Gasteiger partial charge in [0.25, 0.3) is 5.56 Å². The van der Waals surface area contributed by atoms with Gasteiger partial charge >= 0.3 is 5.97 Å². The van der Waals surface area contributed by atoms with E-state index < -0.39 is 11.2 Å². The molecule has 2 heterocycles. The number of para-hydroxylation sites is 1. The molecule has 1 atom stereocenters. The minimum atomic E-state index is -0.680. The monoisotopic (exact) mass is 417 g/mol. The summed E-state index contributed by atoms with van der Waals surface area (Å²) in [5.74, 6) is 0.0368. The largest absolute Gasteiger partial charge is 0.468 e. The number of rotatable bonds is 5. The molecule has 0 N–H and O–H groups in total. The lowest BCUT2D eigenvalue weighted by Crippen LogP contribution is -2.24. The Morgan fingerprint density at radius 2 is 1.80 bits per heavy atom. The van der Waals surface area contributed by atoms with Crippen molar-refractivity contribution in [3.63, 3.8) is 0 Å². The molecule has 6 nitrogen and oxygen atoms in total. The van der Waals surface area contributed by atoms with Gasteiger partial charge in [0.1, 0.15) is 11.1 Å². The van der Waals surface area contributed by atoms with E-state index >= 15 is 0 Å². The fraction of sp³-hybridized carbons (Fsp3) is 0.130. The molecular formula is C23H19N3O3S. The highest BCUT2D eigenvalue weighted by atomic mass is 32.2. The second-order valence-corrected chi connectivity index (χ2v) is 7.75. The van der Waals surface area contributed by atoms with E-state index in [1.807, 2.05) is 55.5 Å². The van der Waals surface area contributed by atoms with E-state index in [-0.39, 0.29) is 5.56 Å². The molecule has 0 aliphatic rings. The van der Waals surface area contributed by atoms with E-state index in [1.54, 1.807) is 24.4 Å². The number of benzene rings is 2. The lowest BCUT2D eigenvalue weighted by molar-refractivity contribution is -0.140. The Morgan fingerprint density at radius 1 is 1.07 bits per heavy atom. The maximum Gasteiger partial charge on any atom is 0.323 e. The fourth-order valence-corrected chi connectivity index (χ4v) is 4.26. The molecule has 0 fully saturated rings. The van der Waals surface area contributed by atoms with E-state index in [2.05, 4.69) is 4.98 Å². The molecule has 4 rings (SSSR count). The highest BCUT2D eigenvalue weighted by Crippen LogP contribution is 2.36.